The van der Waals surface area contributed by atoms with E-state index in [4.69, 9.17) is 14.2 Å². The summed E-state index contributed by atoms with van der Waals surface area (Å²) in [7, 11) is 0. The third-order valence-corrected chi connectivity index (χ3v) is 6.50. The number of ether oxygens (including phenoxy) is 3. The number of hydrogen-bond donors (Lipinski definition) is 1. The summed E-state index contributed by atoms with van der Waals surface area (Å²) in [5, 5.41) is 14.4. The lowest BCUT2D eigenvalue weighted by Gasteiger charge is -2.21. The van der Waals surface area contributed by atoms with E-state index in [2.05, 4.69) is 25.6 Å². The molecule has 0 aliphatic heterocycles. The highest BCUT2D eigenvalue weighted by Crippen LogP contribution is 2.31. The molecule has 0 amide bonds. The normalized spacial score (nSPS) is 12.2. The summed E-state index contributed by atoms with van der Waals surface area (Å²) in [6.45, 7) is 9.38. The van der Waals surface area contributed by atoms with E-state index in [9.17, 15) is 9.59 Å². The fraction of sp³-hybridized carbons (Fsp3) is 0.290. The van der Waals surface area contributed by atoms with Crippen molar-refractivity contribution in [3.05, 3.63) is 77.9 Å². The number of para-hydroxylation sites is 1. The molecule has 1 N–H and O–H groups in total. The average molecular weight is 569 g/mol. The Bertz CT molecular complexity index is 1700. The third-order valence-electron chi connectivity index (χ3n) is 6.50. The molecule has 0 aliphatic carbocycles. The van der Waals surface area contributed by atoms with Crippen molar-refractivity contribution < 1.29 is 23.8 Å². The molecule has 2 aromatic heterocycles. The van der Waals surface area contributed by atoms with Gasteiger partial charge in [-0.15, -0.1) is 10.2 Å². The maximum atomic E-state index is 13.3. The molecule has 0 spiro atoms. The van der Waals surface area contributed by atoms with Gasteiger partial charge in [-0.25, -0.2) is 4.79 Å². The first-order valence-corrected chi connectivity index (χ1v) is 13.6. The van der Waals surface area contributed by atoms with E-state index in [1.165, 1.54) is 6.92 Å². The van der Waals surface area contributed by atoms with Crippen LogP contribution >= 0.6 is 0 Å². The maximum Gasteiger partial charge on any atom is 0.343 e. The molecule has 0 fully saturated rings. The molecule has 5 aromatic rings. The molecule has 0 saturated heterocycles. The largest absolute Gasteiger partial charge is 0.465 e. The van der Waals surface area contributed by atoms with Crippen LogP contribution in [0.15, 0.2) is 66.7 Å². The first kappa shape index (κ1) is 28.5. The molecule has 0 saturated carbocycles. The number of fused-ring (bicyclic) bond motifs is 1. The Balaban J connectivity index is 1.45. The summed E-state index contributed by atoms with van der Waals surface area (Å²) >= 11 is 0. The van der Waals surface area contributed by atoms with Gasteiger partial charge in [-0.05, 0) is 61.7 Å². The summed E-state index contributed by atoms with van der Waals surface area (Å²) in [6, 6.07) is 21.5. The van der Waals surface area contributed by atoms with E-state index >= 15 is 0 Å². The van der Waals surface area contributed by atoms with Crippen LogP contribution in [0.1, 0.15) is 50.5 Å². The molecule has 3 aromatic carbocycles. The van der Waals surface area contributed by atoms with Gasteiger partial charge in [0.15, 0.2) is 0 Å². The van der Waals surface area contributed by atoms with Gasteiger partial charge in [0.2, 0.25) is 12.1 Å². The smallest absolute Gasteiger partial charge is 0.343 e. The van der Waals surface area contributed by atoms with Crippen molar-refractivity contribution in [2.75, 3.05) is 6.61 Å². The molecule has 1 unspecified atom stereocenters. The van der Waals surface area contributed by atoms with Crippen LogP contribution in [0.5, 0.6) is 6.01 Å². The summed E-state index contributed by atoms with van der Waals surface area (Å²) in [4.78, 5) is 30.2. The number of H-pyrrole nitrogens is 1. The Morgan fingerprint density at radius 2 is 1.69 bits per heavy atom. The molecule has 2 heterocycles. The van der Waals surface area contributed by atoms with Crippen molar-refractivity contribution in [2.45, 2.75) is 47.5 Å². The van der Waals surface area contributed by atoms with Crippen LogP contribution < -0.4 is 4.74 Å². The Morgan fingerprint density at radius 1 is 0.952 bits per heavy atom. The zero-order chi connectivity index (χ0) is 29.9. The van der Waals surface area contributed by atoms with Gasteiger partial charge in [0.1, 0.15) is 0 Å². The molecular formula is C31H32N6O5. The van der Waals surface area contributed by atoms with Gasteiger partial charge in [0, 0.05) is 12.5 Å². The fourth-order valence-corrected chi connectivity index (χ4v) is 4.46. The summed E-state index contributed by atoms with van der Waals surface area (Å²) in [5.41, 5.74) is 4.49. The second-order valence-corrected chi connectivity index (χ2v) is 10.7. The number of esters is 2. The SMILES string of the molecule is CCOc1nc2cccc(C(=O)OC(C)OC(=O)C(C)(C)C)c2n1Cc1ccc(-c2ccccc2-c2nn[nH]n2)cc1. The molecule has 1 atom stereocenters. The number of nitrogens with one attached hydrogen (secondary N) is 1. The van der Waals surface area contributed by atoms with E-state index < -0.39 is 23.6 Å². The Morgan fingerprint density at radius 3 is 2.36 bits per heavy atom. The number of imidazole rings is 1. The summed E-state index contributed by atoms with van der Waals surface area (Å²) in [6.07, 6.45) is -1.06. The van der Waals surface area contributed by atoms with Gasteiger partial charge in [-0.3, -0.25) is 9.36 Å². The number of carbonyl (C=O) groups is 2. The highest BCUT2D eigenvalue weighted by molar-refractivity contribution is 6.02. The molecule has 11 heteroatoms. The Hall–Kier alpha value is -5.06. The zero-order valence-electron chi connectivity index (χ0n) is 24.1. The van der Waals surface area contributed by atoms with Crippen molar-refractivity contribution in [3.8, 4) is 28.5 Å². The topological polar surface area (TPSA) is 134 Å². The number of rotatable bonds is 9. The van der Waals surface area contributed by atoms with E-state index in [0.717, 1.165) is 22.3 Å². The molecule has 0 bridgehead atoms. The number of tetrazole rings is 1. The maximum absolute atomic E-state index is 13.3. The quantitative estimate of drug-likeness (QED) is 0.183. The van der Waals surface area contributed by atoms with Gasteiger partial charge in [0.05, 0.1) is 35.2 Å². The second kappa shape index (κ2) is 11.8. The lowest BCUT2D eigenvalue weighted by molar-refractivity contribution is -0.174. The Kier molecular flexibility index (Phi) is 8.01. The molecular weight excluding hydrogens is 536 g/mol. The molecule has 0 radical (unpaired) electrons. The van der Waals surface area contributed by atoms with Gasteiger partial charge in [0.25, 0.3) is 6.01 Å². The average Bonchev–Trinajstić information content (AvgIpc) is 3.62. The number of benzene rings is 3. The van der Waals surface area contributed by atoms with Crippen molar-refractivity contribution in [1.82, 2.24) is 30.2 Å². The molecule has 216 valence electrons. The van der Waals surface area contributed by atoms with Gasteiger partial charge >= 0.3 is 11.9 Å². The van der Waals surface area contributed by atoms with Gasteiger partial charge in [-0.2, -0.15) is 10.2 Å². The molecule has 42 heavy (non-hydrogen) atoms. The van der Waals surface area contributed by atoms with Crippen molar-refractivity contribution >= 4 is 23.0 Å². The first-order chi connectivity index (χ1) is 20.2. The van der Waals surface area contributed by atoms with E-state index in [1.54, 1.807) is 32.9 Å². The highest BCUT2D eigenvalue weighted by atomic mass is 16.7. The second-order valence-electron chi connectivity index (χ2n) is 10.7. The van der Waals surface area contributed by atoms with E-state index in [0.29, 0.717) is 36.0 Å². The van der Waals surface area contributed by atoms with Crippen LogP contribution in [0.4, 0.5) is 0 Å². The minimum atomic E-state index is -1.06. The lowest BCUT2D eigenvalue weighted by Crippen LogP contribution is -2.29. The minimum Gasteiger partial charge on any atom is -0.465 e. The van der Waals surface area contributed by atoms with Crippen LogP contribution in [0, 0.1) is 5.41 Å². The zero-order valence-corrected chi connectivity index (χ0v) is 24.1. The van der Waals surface area contributed by atoms with Crippen LogP contribution in [-0.2, 0) is 20.8 Å². The number of aromatic nitrogens is 6. The predicted octanol–water partition coefficient (Wildman–Crippen LogP) is 5.42. The van der Waals surface area contributed by atoms with Crippen LogP contribution in [0.3, 0.4) is 0 Å². The fourth-order valence-electron chi connectivity index (χ4n) is 4.46. The van der Waals surface area contributed by atoms with E-state index in [1.807, 2.05) is 66.1 Å². The van der Waals surface area contributed by atoms with Gasteiger partial charge < -0.3 is 14.2 Å². The summed E-state index contributed by atoms with van der Waals surface area (Å²) < 4.78 is 18.5. The van der Waals surface area contributed by atoms with Crippen molar-refractivity contribution in [2.24, 2.45) is 5.41 Å². The van der Waals surface area contributed by atoms with Crippen LogP contribution in [-0.4, -0.2) is 55.0 Å². The number of aromatic amines is 1. The van der Waals surface area contributed by atoms with Crippen LogP contribution in [0.25, 0.3) is 33.5 Å². The van der Waals surface area contributed by atoms with Crippen molar-refractivity contribution in [1.29, 1.82) is 0 Å². The predicted molar refractivity (Wildman–Crippen MR) is 155 cm³/mol. The van der Waals surface area contributed by atoms with Gasteiger partial charge in [-0.1, -0.05) is 54.6 Å². The third kappa shape index (κ3) is 5.99. The molecule has 5 rings (SSSR count). The van der Waals surface area contributed by atoms with Crippen molar-refractivity contribution in [3.63, 3.8) is 0 Å². The van der Waals surface area contributed by atoms with Crippen LogP contribution in [0.2, 0.25) is 0 Å². The Labute approximate surface area is 242 Å². The van der Waals surface area contributed by atoms with E-state index in [-0.39, 0.29) is 5.56 Å². The first-order valence-electron chi connectivity index (χ1n) is 13.6. The monoisotopic (exact) mass is 568 g/mol. The molecule has 11 nitrogen and oxygen atoms in total. The summed E-state index contributed by atoms with van der Waals surface area (Å²) in [5.74, 6) is -0.580. The number of nitrogens with zero attached hydrogens (tertiary/aromatic N) is 5. The molecule has 0 aliphatic rings. The number of carbonyl (C=O) groups excluding carboxylic acids is 2. The highest BCUT2D eigenvalue weighted by Gasteiger charge is 2.27. The number of hydrogen-bond acceptors (Lipinski definition) is 9. The standard InChI is InChI=1S/C31H32N6O5/c1-6-40-30-32-25-13-9-12-24(28(38)41-19(2)42-29(39)31(3,4)5)26(25)37(30)18-20-14-16-21(17-15-20)22-10-7-8-11-23(22)27-33-35-36-34-27/h7-17,19H,6,18H2,1-5H3,(H,33,34,35,36). The lowest BCUT2D eigenvalue weighted by atomic mass is 9.97. The minimum absolute atomic E-state index is 0.287.